The Balaban J connectivity index is 2.87. The number of anilines is 1. The Morgan fingerprint density at radius 3 is 2.55 bits per heavy atom. The molecule has 8 heteroatoms. The number of ether oxygens (including phenoxy) is 1. The van der Waals surface area contributed by atoms with Gasteiger partial charge in [0.15, 0.2) is 0 Å². The van der Waals surface area contributed by atoms with Crippen LogP contribution in [0.5, 0.6) is 0 Å². The monoisotopic (exact) mass is 316 g/mol. The molecule has 0 unspecified atom stereocenters. The summed E-state index contributed by atoms with van der Waals surface area (Å²) in [7, 11) is 2.70. The van der Waals surface area contributed by atoms with Crippen molar-refractivity contribution < 1.29 is 27.5 Å². The molecule has 0 aliphatic heterocycles. The van der Waals surface area contributed by atoms with E-state index in [4.69, 9.17) is 0 Å². The Morgan fingerprint density at radius 1 is 1.32 bits per heavy atom. The first kappa shape index (κ1) is 17.5. The first-order valence-electron chi connectivity index (χ1n) is 6.21. The molecule has 0 bridgehead atoms. The van der Waals surface area contributed by atoms with E-state index >= 15 is 0 Å². The van der Waals surface area contributed by atoms with Crippen molar-refractivity contribution in [3.8, 4) is 0 Å². The van der Waals surface area contributed by atoms with Crippen LogP contribution >= 0.6 is 0 Å². The third-order valence-corrected chi connectivity index (χ3v) is 2.70. The van der Waals surface area contributed by atoms with Gasteiger partial charge >= 0.3 is 12.1 Å². The maximum atomic E-state index is 12.7. The maximum absolute atomic E-state index is 12.7. The molecule has 0 saturated carbocycles. The Labute approximate surface area is 125 Å². The summed E-state index contributed by atoms with van der Waals surface area (Å²) in [6, 6.07) is 2.84. The summed E-state index contributed by atoms with van der Waals surface area (Å²) in [6.45, 7) is -0.0205. The molecule has 0 spiro atoms. The van der Waals surface area contributed by atoms with Gasteiger partial charge in [0.2, 0.25) is 0 Å². The largest absolute Gasteiger partial charge is 0.466 e. The fraction of sp³-hybridized carbons (Fsp3) is 0.286. The Hall–Kier alpha value is -2.51. The zero-order valence-electron chi connectivity index (χ0n) is 12.0. The smallest absolute Gasteiger partial charge is 0.416 e. The van der Waals surface area contributed by atoms with Crippen LogP contribution in [0.4, 0.5) is 18.9 Å². The number of nitrogens with one attached hydrogen (secondary N) is 2. The highest BCUT2D eigenvalue weighted by atomic mass is 19.4. The topological polar surface area (TPSA) is 67.4 Å². The van der Waals surface area contributed by atoms with Crippen LogP contribution in [0.25, 0.3) is 0 Å². The minimum Gasteiger partial charge on any atom is -0.466 e. The molecule has 0 heterocycles. The Bertz CT molecular complexity index is 583. The van der Waals surface area contributed by atoms with Crippen LogP contribution in [0, 0.1) is 0 Å². The van der Waals surface area contributed by atoms with Crippen LogP contribution in [-0.4, -0.2) is 32.6 Å². The number of carbonyl (C=O) groups excluding carboxylic acids is 2. The predicted octanol–water partition coefficient (Wildman–Crippen LogP) is 2.21. The van der Waals surface area contributed by atoms with Gasteiger partial charge in [-0.3, -0.25) is 4.79 Å². The number of halogens is 3. The Kier molecular flexibility index (Phi) is 5.97. The molecule has 2 N–H and O–H groups in total. The third kappa shape index (κ3) is 4.80. The first-order valence-corrected chi connectivity index (χ1v) is 6.21. The maximum Gasteiger partial charge on any atom is 0.416 e. The lowest BCUT2D eigenvalue weighted by Gasteiger charge is -2.13. The molecule has 0 atom stereocenters. The van der Waals surface area contributed by atoms with Gasteiger partial charge < -0.3 is 15.4 Å². The summed E-state index contributed by atoms with van der Waals surface area (Å²) in [5, 5.41) is 5.04. The zero-order valence-corrected chi connectivity index (χ0v) is 12.0. The van der Waals surface area contributed by atoms with Crippen molar-refractivity contribution in [2.45, 2.75) is 6.18 Å². The second-order valence-electron chi connectivity index (χ2n) is 4.14. The van der Waals surface area contributed by atoms with Crippen LogP contribution in [-0.2, 0) is 15.7 Å². The van der Waals surface area contributed by atoms with Gasteiger partial charge in [-0.2, -0.15) is 13.2 Å². The van der Waals surface area contributed by atoms with Crippen molar-refractivity contribution in [2.24, 2.45) is 0 Å². The fourth-order valence-electron chi connectivity index (χ4n) is 1.60. The first-order chi connectivity index (χ1) is 10.3. The number of rotatable bonds is 5. The highest BCUT2D eigenvalue weighted by Crippen LogP contribution is 2.31. The van der Waals surface area contributed by atoms with Crippen molar-refractivity contribution in [2.75, 3.05) is 26.0 Å². The molecule has 0 fully saturated rings. The van der Waals surface area contributed by atoms with Crippen molar-refractivity contribution in [1.29, 1.82) is 0 Å². The predicted molar refractivity (Wildman–Crippen MR) is 74.5 cm³/mol. The number of benzene rings is 1. The van der Waals surface area contributed by atoms with Crippen molar-refractivity contribution in [3.05, 3.63) is 41.5 Å². The zero-order chi connectivity index (χ0) is 16.8. The molecule has 1 aromatic rings. The van der Waals surface area contributed by atoms with E-state index in [0.717, 1.165) is 18.2 Å². The number of hydrogen-bond donors (Lipinski definition) is 2. The summed E-state index contributed by atoms with van der Waals surface area (Å²) in [4.78, 5) is 22.8. The highest BCUT2D eigenvalue weighted by molar-refractivity contribution is 6.00. The number of hydrogen-bond acceptors (Lipinski definition) is 4. The standard InChI is InChI=1S/C14H15F3N2O3/c1-18-11-6-5-9(14(15,16)17)8-10(11)13(21)19-7-3-4-12(20)22-2/h3-6,8,18H,7H2,1-2H3,(H,19,21)/b4-3+. The molecule has 0 aliphatic rings. The van der Waals surface area contributed by atoms with Crippen LogP contribution in [0.15, 0.2) is 30.4 Å². The van der Waals surface area contributed by atoms with E-state index < -0.39 is 23.6 Å². The van der Waals surface area contributed by atoms with Gasteiger partial charge in [0, 0.05) is 25.4 Å². The van der Waals surface area contributed by atoms with Gasteiger partial charge in [-0.05, 0) is 18.2 Å². The van der Waals surface area contributed by atoms with Crippen LogP contribution in [0.1, 0.15) is 15.9 Å². The summed E-state index contributed by atoms with van der Waals surface area (Å²) in [6.07, 6.45) is -2.10. The molecule has 1 aromatic carbocycles. The van der Waals surface area contributed by atoms with Crippen molar-refractivity contribution in [3.63, 3.8) is 0 Å². The number of methoxy groups -OCH3 is 1. The SMILES string of the molecule is CNc1ccc(C(F)(F)F)cc1C(=O)NC/C=C/C(=O)OC. The number of esters is 1. The fourth-order valence-corrected chi connectivity index (χ4v) is 1.60. The van der Waals surface area contributed by atoms with E-state index in [-0.39, 0.29) is 17.8 Å². The minimum atomic E-state index is -4.54. The third-order valence-electron chi connectivity index (χ3n) is 2.70. The van der Waals surface area contributed by atoms with Crippen LogP contribution in [0.3, 0.4) is 0 Å². The van der Waals surface area contributed by atoms with Gasteiger partial charge in [-0.1, -0.05) is 6.08 Å². The van der Waals surface area contributed by atoms with E-state index in [2.05, 4.69) is 15.4 Å². The average Bonchev–Trinajstić information content (AvgIpc) is 2.49. The van der Waals surface area contributed by atoms with Gasteiger partial charge in [0.05, 0.1) is 18.2 Å². The number of carbonyl (C=O) groups is 2. The molecule has 1 amide bonds. The molecular weight excluding hydrogens is 301 g/mol. The summed E-state index contributed by atoms with van der Waals surface area (Å²) in [5.74, 6) is -1.28. The second-order valence-corrected chi connectivity index (χ2v) is 4.14. The lowest BCUT2D eigenvalue weighted by atomic mass is 10.1. The van der Waals surface area contributed by atoms with Gasteiger partial charge in [-0.15, -0.1) is 0 Å². The average molecular weight is 316 g/mol. The lowest BCUT2D eigenvalue weighted by molar-refractivity contribution is -0.137. The lowest BCUT2D eigenvalue weighted by Crippen LogP contribution is -2.25. The molecule has 0 saturated heterocycles. The van der Waals surface area contributed by atoms with E-state index in [1.807, 2.05) is 0 Å². The summed E-state index contributed by atoms with van der Waals surface area (Å²) < 4.78 is 42.4. The van der Waals surface area contributed by atoms with Crippen LogP contribution in [0.2, 0.25) is 0 Å². The van der Waals surface area contributed by atoms with E-state index in [9.17, 15) is 22.8 Å². The Morgan fingerprint density at radius 2 is 2.00 bits per heavy atom. The number of alkyl halides is 3. The van der Waals surface area contributed by atoms with E-state index in [0.29, 0.717) is 0 Å². The quantitative estimate of drug-likeness (QED) is 0.645. The summed E-state index contributed by atoms with van der Waals surface area (Å²) in [5.41, 5.74) is -0.784. The van der Waals surface area contributed by atoms with Gasteiger partial charge in [-0.25, -0.2) is 4.79 Å². The van der Waals surface area contributed by atoms with E-state index in [1.54, 1.807) is 0 Å². The van der Waals surface area contributed by atoms with Gasteiger partial charge in [0.25, 0.3) is 5.91 Å². The minimum absolute atomic E-state index is 0.0205. The van der Waals surface area contributed by atoms with Gasteiger partial charge in [0.1, 0.15) is 0 Å². The molecule has 0 aromatic heterocycles. The molecule has 1 rings (SSSR count). The molecular formula is C14H15F3N2O3. The highest BCUT2D eigenvalue weighted by Gasteiger charge is 2.31. The molecule has 5 nitrogen and oxygen atoms in total. The molecule has 120 valence electrons. The second kappa shape index (κ2) is 7.48. The van der Waals surface area contributed by atoms with Crippen molar-refractivity contribution in [1.82, 2.24) is 5.32 Å². The van der Waals surface area contributed by atoms with E-state index in [1.165, 1.54) is 26.3 Å². The van der Waals surface area contributed by atoms with Crippen molar-refractivity contribution >= 4 is 17.6 Å². The summed E-state index contributed by atoms with van der Waals surface area (Å²) >= 11 is 0. The van der Waals surface area contributed by atoms with Crippen LogP contribution < -0.4 is 10.6 Å². The number of amides is 1. The molecule has 22 heavy (non-hydrogen) atoms. The molecule has 0 aliphatic carbocycles. The normalized spacial score (nSPS) is 11.3. The molecule has 0 radical (unpaired) electrons.